The van der Waals surface area contributed by atoms with Crippen LogP contribution in [0.1, 0.15) is 39.2 Å². The molecule has 0 bridgehead atoms. The maximum atomic E-state index is 12.6. The molecule has 4 rings (SSSR count). The molecular weight excluding hydrogens is 356 g/mol. The summed E-state index contributed by atoms with van der Waals surface area (Å²) in [4.78, 5) is 28.3. The molecule has 2 amide bonds. The zero-order chi connectivity index (χ0) is 20.1. The lowest BCUT2D eigenvalue weighted by Gasteiger charge is -2.28. The topological polar surface area (TPSA) is 59.1 Å². The van der Waals surface area contributed by atoms with Crippen LogP contribution in [0.5, 0.6) is 0 Å². The lowest BCUT2D eigenvalue weighted by atomic mass is 9.92. The first-order chi connectivity index (χ1) is 13.3. The number of carbonyl (C=O) groups is 2. The van der Waals surface area contributed by atoms with Crippen molar-refractivity contribution in [2.75, 3.05) is 38.3 Å². The quantitative estimate of drug-likeness (QED) is 0.797. The molecule has 0 N–H and O–H groups in total. The lowest BCUT2D eigenvalue weighted by Crippen LogP contribution is -2.39. The summed E-state index contributed by atoms with van der Waals surface area (Å²) in [6.07, 6.45) is 1.32. The first-order valence-electron chi connectivity index (χ1n) is 10.1. The van der Waals surface area contributed by atoms with Crippen LogP contribution in [0.15, 0.2) is 24.3 Å². The number of likely N-dealkylation sites (tertiary alicyclic amines) is 1. The largest absolute Gasteiger partial charge is 0.444 e. The van der Waals surface area contributed by atoms with Crippen LogP contribution in [-0.4, -0.2) is 55.9 Å². The Kier molecular flexibility index (Phi) is 4.65. The van der Waals surface area contributed by atoms with Crippen LogP contribution >= 0.6 is 0 Å². The monoisotopic (exact) mass is 386 g/mol. The number of nitrogens with zero attached hydrogens (tertiary/aromatic N) is 2. The van der Waals surface area contributed by atoms with Crippen molar-refractivity contribution >= 4 is 17.7 Å². The Morgan fingerprint density at radius 1 is 1.25 bits per heavy atom. The molecule has 1 aliphatic carbocycles. The molecule has 1 aromatic rings. The minimum Gasteiger partial charge on any atom is -0.444 e. The Morgan fingerprint density at radius 3 is 2.54 bits per heavy atom. The van der Waals surface area contributed by atoms with Gasteiger partial charge in [-0.25, -0.2) is 4.79 Å². The highest BCUT2D eigenvalue weighted by Gasteiger charge is 2.70. The average Bonchev–Trinajstić information content (AvgIpc) is 2.97. The van der Waals surface area contributed by atoms with Gasteiger partial charge in [-0.1, -0.05) is 12.1 Å². The Balaban J connectivity index is 1.54. The summed E-state index contributed by atoms with van der Waals surface area (Å²) in [5, 5.41) is 0. The Morgan fingerprint density at radius 2 is 1.96 bits per heavy atom. The van der Waals surface area contributed by atoms with Gasteiger partial charge in [-0.3, -0.25) is 4.79 Å². The van der Waals surface area contributed by atoms with E-state index in [2.05, 4.69) is 12.1 Å². The highest BCUT2D eigenvalue weighted by atomic mass is 16.6. The third-order valence-electron chi connectivity index (χ3n) is 6.36. The van der Waals surface area contributed by atoms with Gasteiger partial charge in [-0.2, -0.15) is 0 Å². The molecule has 3 aliphatic rings. The van der Waals surface area contributed by atoms with Crippen molar-refractivity contribution in [2.45, 2.75) is 44.6 Å². The number of hydrogen-bond acceptors (Lipinski definition) is 4. The van der Waals surface area contributed by atoms with Gasteiger partial charge < -0.3 is 19.3 Å². The van der Waals surface area contributed by atoms with Crippen LogP contribution in [0, 0.1) is 11.8 Å². The second kappa shape index (κ2) is 6.76. The Hall–Kier alpha value is -2.08. The maximum absolute atomic E-state index is 12.6. The van der Waals surface area contributed by atoms with Crippen molar-refractivity contribution in [3.63, 3.8) is 0 Å². The molecule has 0 spiro atoms. The normalized spacial score (nSPS) is 29.2. The molecule has 2 saturated heterocycles. The van der Waals surface area contributed by atoms with E-state index in [-0.39, 0.29) is 17.4 Å². The van der Waals surface area contributed by atoms with E-state index in [0.717, 1.165) is 18.7 Å². The van der Waals surface area contributed by atoms with E-state index in [9.17, 15) is 9.59 Å². The van der Waals surface area contributed by atoms with Gasteiger partial charge in [0.05, 0.1) is 6.61 Å². The molecule has 2 heterocycles. The number of piperidine rings is 1. The van der Waals surface area contributed by atoms with Crippen molar-refractivity contribution < 1.29 is 19.1 Å². The van der Waals surface area contributed by atoms with Crippen LogP contribution in [-0.2, 0) is 19.7 Å². The number of amides is 2. The molecule has 1 aromatic carbocycles. The summed E-state index contributed by atoms with van der Waals surface area (Å²) in [7, 11) is 1.73. The van der Waals surface area contributed by atoms with E-state index in [0.29, 0.717) is 38.0 Å². The number of carbonyl (C=O) groups excluding carboxylic acids is 2. The van der Waals surface area contributed by atoms with Crippen molar-refractivity contribution in [1.29, 1.82) is 0 Å². The molecule has 0 radical (unpaired) electrons. The molecule has 1 saturated carbocycles. The van der Waals surface area contributed by atoms with Gasteiger partial charge >= 0.3 is 6.09 Å². The number of methoxy groups -OCH3 is 1. The summed E-state index contributed by atoms with van der Waals surface area (Å²) in [6.45, 7) is 8.53. The number of ether oxygens (including phenoxy) is 2. The first kappa shape index (κ1) is 19.2. The van der Waals surface area contributed by atoms with E-state index in [1.54, 1.807) is 7.11 Å². The van der Waals surface area contributed by atoms with Gasteiger partial charge in [0.1, 0.15) is 5.60 Å². The van der Waals surface area contributed by atoms with E-state index in [1.165, 1.54) is 5.56 Å². The molecule has 2 aliphatic heterocycles. The fourth-order valence-corrected chi connectivity index (χ4v) is 5.05. The molecule has 3 atom stereocenters. The van der Waals surface area contributed by atoms with Gasteiger partial charge in [0.2, 0.25) is 5.91 Å². The van der Waals surface area contributed by atoms with Crippen LogP contribution in [0.25, 0.3) is 0 Å². The predicted octanol–water partition coefficient (Wildman–Crippen LogP) is 3.19. The van der Waals surface area contributed by atoms with Crippen molar-refractivity contribution in [3.05, 3.63) is 29.8 Å². The van der Waals surface area contributed by atoms with E-state index in [1.807, 2.05) is 42.7 Å². The highest BCUT2D eigenvalue weighted by Crippen LogP contribution is 2.64. The summed E-state index contributed by atoms with van der Waals surface area (Å²) in [5.41, 5.74) is 1.62. The van der Waals surface area contributed by atoms with Gasteiger partial charge in [0, 0.05) is 44.3 Å². The van der Waals surface area contributed by atoms with E-state index >= 15 is 0 Å². The van der Waals surface area contributed by atoms with Crippen LogP contribution < -0.4 is 4.90 Å². The van der Waals surface area contributed by atoms with Crippen molar-refractivity contribution in [1.82, 2.24) is 4.90 Å². The molecule has 0 aromatic heterocycles. The van der Waals surface area contributed by atoms with E-state index < -0.39 is 5.60 Å². The SMILES string of the molecule is COCC1C2CN(C(=O)OC(C)(C)C)CC12c1ccc(N2CCCC2=O)cc1. The van der Waals surface area contributed by atoms with E-state index in [4.69, 9.17) is 9.47 Å². The number of hydrogen-bond donors (Lipinski definition) is 0. The van der Waals surface area contributed by atoms with Crippen LogP contribution in [0.2, 0.25) is 0 Å². The zero-order valence-electron chi connectivity index (χ0n) is 17.2. The number of benzene rings is 1. The minimum absolute atomic E-state index is 0.0690. The summed E-state index contributed by atoms with van der Waals surface area (Å²) in [6, 6.07) is 8.34. The molecule has 3 fully saturated rings. The fourth-order valence-electron chi connectivity index (χ4n) is 5.05. The number of fused-ring (bicyclic) bond motifs is 1. The summed E-state index contributed by atoms with van der Waals surface area (Å²) < 4.78 is 11.0. The second-order valence-corrected chi connectivity index (χ2v) is 9.27. The van der Waals surface area contributed by atoms with Crippen LogP contribution in [0.4, 0.5) is 10.5 Å². The van der Waals surface area contributed by atoms with Gasteiger partial charge in [0.25, 0.3) is 0 Å². The standard InChI is InChI=1S/C22H30N2O4/c1-21(2,3)28-20(26)23-12-17-18(13-27-4)22(17,14-23)15-7-9-16(10-8-15)24-11-5-6-19(24)25/h7-10,17-18H,5-6,11-14H2,1-4H3. The molecule has 28 heavy (non-hydrogen) atoms. The third-order valence-corrected chi connectivity index (χ3v) is 6.36. The molecule has 3 unspecified atom stereocenters. The Bertz CT molecular complexity index is 770. The van der Waals surface area contributed by atoms with Crippen LogP contribution in [0.3, 0.4) is 0 Å². The molecule has 6 heteroatoms. The number of rotatable bonds is 4. The minimum atomic E-state index is -0.493. The first-order valence-corrected chi connectivity index (χ1v) is 10.1. The van der Waals surface area contributed by atoms with Crippen molar-refractivity contribution in [3.8, 4) is 0 Å². The third kappa shape index (κ3) is 3.17. The maximum Gasteiger partial charge on any atom is 0.410 e. The van der Waals surface area contributed by atoms with Crippen molar-refractivity contribution in [2.24, 2.45) is 11.8 Å². The van der Waals surface area contributed by atoms with Gasteiger partial charge in [-0.05, 0) is 56.7 Å². The van der Waals surface area contributed by atoms with Gasteiger partial charge in [-0.15, -0.1) is 0 Å². The molecule has 6 nitrogen and oxygen atoms in total. The summed E-state index contributed by atoms with van der Waals surface area (Å²) >= 11 is 0. The highest BCUT2D eigenvalue weighted by molar-refractivity contribution is 5.95. The zero-order valence-corrected chi connectivity index (χ0v) is 17.2. The molecular formula is C22H30N2O4. The average molecular weight is 386 g/mol. The second-order valence-electron chi connectivity index (χ2n) is 9.27. The smallest absolute Gasteiger partial charge is 0.410 e. The molecule has 152 valence electrons. The fraction of sp³-hybridized carbons (Fsp3) is 0.636. The van der Waals surface area contributed by atoms with Gasteiger partial charge in [0.15, 0.2) is 0 Å². The Labute approximate surface area is 166 Å². The predicted molar refractivity (Wildman–Crippen MR) is 106 cm³/mol. The summed E-state index contributed by atoms with van der Waals surface area (Å²) in [5.74, 6) is 0.999. The number of anilines is 1. The lowest BCUT2D eigenvalue weighted by molar-refractivity contribution is -0.117.